The molecule has 0 radical (unpaired) electrons. The summed E-state index contributed by atoms with van der Waals surface area (Å²) < 4.78 is 40.2. The molecule has 0 aliphatic carbocycles. The van der Waals surface area contributed by atoms with Gasteiger partial charge < -0.3 is 10.1 Å². The third-order valence-corrected chi connectivity index (χ3v) is 3.48. The molecule has 0 aliphatic heterocycles. The van der Waals surface area contributed by atoms with E-state index in [0.29, 0.717) is 0 Å². The van der Waals surface area contributed by atoms with E-state index >= 15 is 0 Å². The molecule has 22 heavy (non-hydrogen) atoms. The Morgan fingerprint density at radius 1 is 1.09 bits per heavy atom. The maximum atomic E-state index is 12.1. The molecule has 0 fully saturated rings. The van der Waals surface area contributed by atoms with Crippen molar-refractivity contribution >= 4 is 23.4 Å². The highest BCUT2D eigenvalue weighted by Gasteiger charge is 2.31. The smallest absolute Gasteiger partial charge is 0.406 e. The number of benzene rings is 2. The Hall–Kier alpha value is -2.15. The van der Waals surface area contributed by atoms with Gasteiger partial charge >= 0.3 is 6.36 Å². The van der Waals surface area contributed by atoms with Crippen molar-refractivity contribution in [2.24, 2.45) is 0 Å². The van der Waals surface area contributed by atoms with Gasteiger partial charge in [-0.2, -0.15) is 0 Å². The second-order valence-electron chi connectivity index (χ2n) is 4.23. The monoisotopic (exact) mass is 327 g/mol. The number of hydrogen-bond acceptors (Lipinski definition) is 3. The Bertz CT molecular complexity index is 632. The standard InChI is InChI=1S/C15H12F3NO2S/c16-15(17,18)21-12-6-4-5-11(9-12)19-14(20)10-22-13-7-2-1-3-8-13/h1-9H,10H2,(H,19,20). The van der Waals surface area contributed by atoms with Crippen LogP contribution in [0.5, 0.6) is 5.75 Å². The van der Waals surface area contributed by atoms with E-state index in [1.807, 2.05) is 30.3 Å². The number of halogens is 3. The molecule has 0 bridgehead atoms. The fourth-order valence-electron chi connectivity index (χ4n) is 1.63. The summed E-state index contributed by atoms with van der Waals surface area (Å²) in [4.78, 5) is 12.7. The topological polar surface area (TPSA) is 38.3 Å². The lowest BCUT2D eigenvalue weighted by Gasteiger charge is -2.10. The average Bonchev–Trinajstić information content (AvgIpc) is 2.45. The molecule has 0 aromatic heterocycles. The Balaban J connectivity index is 1.90. The number of carbonyl (C=O) groups is 1. The maximum Gasteiger partial charge on any atom is 0.573 e. The summed E-state index contributed by atoms with van der Waals surface area (Å²) in [7, 11) is 0. The van der Waals surface area contributed by atoms with E-state index in [2.05, 4.69) is 10.1 Å². The molecule has 1 N–H and O–H groups in total. The van der Waals surface area contributed by atoms with Crippen molar-refractivity contribution in [1.82, 2.24) is 0 Å². The van der Waals surface area contributed by atoms with Crippen LogP contribution in [0.4, 0.5) is 18.9 Å². The summed E-state index contributed by atoms with van der Waals surface area (Å²) in [6.07, 6.45) is -4.76. The van der Waals surface area contributed by atoms with Crippen molar-refractivity contribution in [3.8, 4) is 5.75 Å². The molecule has 0 atom stereocenters. The van der Waals surface area contributed by atoms with Gasteiger partial charge in [-0.15, -0.1) is 24.9 Å². The van der Waals surface area contributed by atoms with Crippen molar-refractivity contribution in [2.45, 2.75) is 11.3 Å². The third-order valence-electron chi connectivity index (χ3n) is 2.46. The van der Waals surface area contributed by atoms with Gasteiger partial charge in [0.2, 0.25) is 5.91 Å². The van der Waals surface area contributed by atoms with Crippen LogP contribution in [0.2, 0.25) is 0 Å². The van der Waals surface area contributed by atoms with E-state index in [0.717, 1.165) is 11.0 Å². The molecule has 0 saturated carbocycles. The highest BCUT2D eigenvalue weighted by atomic mass is 32.2. The fourth-order valence-corrected chi connectivity index (χ4v) is 2.35. The highest BCUT2D eigenvalue weighted by molar-refractivity contribution is 8.00. The van der Waals surface area contributed by atoms with Crippen molar-refractivity contribution in [3.63, 3.8) is 0 Å². The minimum Gasteiger partial charge on any atom is -0.406 e. The number of amides is 1. The lowest BCUT2D eigenvalue weighted by Crippen LogP contribution is -2.18. The molecule has 2 rings (SSSR count). The van der Waals surface area contributed by atoms with E-state index in [1.165, 1.54) is 30.0 Å². The van der Waals surface area contributed by atoms with Crippen molar-refractivity contribution in [2.75, 3.05) is 11.1 Å². The SMILES string of the molecule is O=C(CSc1ccccc1)Nc1cccc(OC(F)(F)F)c1. The zero-order valence-electron chi connectivity index (χ0n) is 11.3. The van der Waals surface area contributed by atoms with Crippen LogP contribution in [0, 0.1) is 0 Å². The first-order valence-electron chi connectivity index (χ1n) is 6.26. The number of carbonyl (C=O) groups excluding carboxylic acids is 1. The van der Waals surface area contributed by atoms with E-state index < -0.39 is 6.36 Å². The molecule has 0 heterocycles. The largest absolute Gasteiger partial charge is 0.573 e. The van der Waals surface area contributed by atoms with Crippen LogP contribution in [0.1, 0.15) is 0 Å². The zero-order chi connectivity index (χ0) is 16.0. The second kappa shape index (κ2) is 7.22. The predicted octanol–water partition coefficient (Wildman–Crippen LogP) is 4.32. The summed E-state index contributed by atoms with van der Waals surface area (Å²) >= 11 is 1.34. The van der Waals surface area contributed by atoms with Crippen LogP contribution in [0.25, 0.3) is 0 Å². The molecular weight excluding hydrogens is 315 g/mol. The zero-order valence-corrected chi connectivity index (χ0v) is 12.1. The lowest BCUT2D eigenvalue weighted by molar-refractivity contribution is -0.274. The maximum absolute atomic E-state index is 12.1. The average molecular weight is 327 g/mol. The number of hydrogen-bond donors (Lipinski definition) is 1. The molecule has 0 saturated heterocycles. The number of anilines is 1. The van der Waals surface area contributed by atoms with E-state index in [9.17, 15) is 18.0 Å². The summed E-state index contributed by atoms with van der Waals surface area (Å²) in [5.74, 6) is -0.520. The van der Waals surface area contributed by atoms with Crippen LogP contribution in [-0.4, -0.2) is 18.0 Å². The molecule has 2 aromatic rings. The van der Waals surface area contributed by atoms with Crippen LogP contribution >= 0.6 is 11.8 Å². The van der Waals surface area contributed by atoms with Gasteiger partial charge in [-0.05, 0) is 24.3 Å². The van der Waals surface area contributed by atoms with Crippen LogP contribution in [-0.2, 0) is 4.79 Å². The molecule has 0 aliphatic rings. The Morgan fingerprint density at radius 2 is 1.82 bits per heavy atom. The van der Waals surface area contributed by atoms with Gasteiger partial charge in [0.25, 0.3) is 0 Å². The van der Waals surface area contributed by atoms with Gasteiger partial charge in [0.1, 0.15) is 5.75 Å². The number of nitrogens with one attached hydrogen (secondary N) is 1. The molecule has 0 unspecified atom stereocenters. The number of ether oxygens (including phenoxy) is 1. The number of rotatable bonds is 5. The Kier molecular flexibility index (Phi) is 5.32. The minimum atomic E-state index is -4.76. The van der Waals surface area contributed by atoms with Crippen molar-refractivity contribution < 1.29 is 22.7 Å². The lowest BCUT2D eigenvalue weighted by atomic mass is 10.3. The van der Waals surface area contributed by atoms with Gasteiger partial charge in [0.15, 0.2) is 0 Å². The minimum absolute atomic E-state index is 0.161. The van der Waals surface area contributed by atoms with Crippen molar-refractivity contribution in [3.05, 3.63) is 54.6 Å². The van der Waals surface area contributed by atoms with Gasteiger partial charge in [0.05, 0.1) is 5.75 Å². The third kappa shape index (κ3) is 5.69. The van der Waals surface area contributed by atoms with Gasteiger partial charge in [-0.25, -0.2) is 0 Å². The fraction of sp³-hybridized carbons (Fsp3) is 0.133. The Morgan fingerprint density at radius 3 is 2.50 bits per heavy atom. The first-order valence-corrected chi connectivity index (χ1v) is 7.24. The molecule has 7 heteroatoms. The molecule has 2 aromatic carbocycles. The first-order chi connectivity index (χ1) is 10.4. The van der Waals surface area contributed by atoms with Gasteiger partial charge in [-0.1, -0.05) is 24.3 Å². The van der Waals surface area contributed by atoms with Crippen LogP contribution in [0.3, 0.4) is 0 Å². The van der Waals surface area contributed by atoms with E-state index in [-0.39, 0.29) is 23.1 Å². The Labute approximate surface area is 129 Å². The highest BCUT2D eigenvalue weighted by Crippen LogP contribution is 2.25. The summed E-state index contributed by atoms with van der Waals surface area (Å²) in [5.41, 5.74) is 0.250. The molecule has 3 nitrogen and oxygen atoms in total. The van der Waals surface area contributed by atoms with E-state index in [4.69, 9.17) is 0 Å². The quantitative estimate of drug-likeness (QED) is 0.831. The van der Waals surface area contributed by atoms with Gasteiger partial charge in [-0.3, -0.25) is 4.79 Å². The predicted molar refractivity (Wildman–Crippen MR) is 78.9 cm³/mol. The number of alkyl halides is 3. The van der Waals surface area contributed by atoms with Gasteiger partial charge in [0, 0.05) is 16.6 Å². The summed E-state index contributed by atoms with van der Waals surface area (Å²) in [6.45, 7) is 0. The molecule has 116 valence electrons. The van der Waals surface area contributed by atoms with Crippen molar-refractivity contribution in [1.29, 1.82) is 0 Å². The van der Waals surface area contributed by atoms with E-state index in [1.54, 1.807) is 0 Å². The first kappa shape index (κ1) is 16.2. The summed E-state index contributed by atoms with van der Waals surface area (Å²) in [5, 5.41) is 2.53. The second-order valence-corrected chi connectivity index (χ2v) is 5.27. The summed E-state index contributed by atoms with van der Waals surface area (Å²) in [6, 6.07) is 14.5. The number of thioether (sulfide) groups is 1. The molecule has 1 amide bonds. The van der Waals surface area contributed by atoms with Crippen LogP contribution in [0.15, 0.2) is 59.5 Å². The normalized spacial score (nSPS) is 11.0. The molecule has 0 spiro atoms. The van der Waals surface area contributed by atoms with Crippen LogP contribution < -0.4 is 10.1 Å². The molecular formula is C15H12F3NO2S.